The number of hydrogen-bond donors (Lipinski definition) is 1. The Morgan fingerprint density at radius 1 is 1.26 bits per heavy atom. The number of pyridine rings is 1. The molecule has 1 aliphatic heterocycles. The highest BCUT2D eigenvalue weighted by Gasteiger charge is 2.23. The zero-order valence-electron chi connectivity index (χ0n) is 13.4. The van der Waals surface area contributed by atoms with Gasteiger partial charge in [-0.2, -0.15) is 0 Å². The molecule has 2 heterocycles. The highest BCUT2D eigenvalue weighted by atomic mass is 32.2. The minimum absolute atomic E-state index is 0.0126. The van der Waals surface area contributed by atoms with Crippen molar-refractivity contribution in [2.45, 2.75) is 38.5 Å². The molecule has 0 bridgehead atoms. The van der Waals surface area contributed by atoms with Crippen LogP contribution in [-0.2, 0) is 21.2 Å². The van der Waals surface area contributed by atoms with Gasteiger partial charge in [0.15, 0.2) is 0 Å². The number of nitrogens with one attached hydrogen (secondary N) is 1. The van der Waals surface area contributed by atoms with Crippen LogP contribution in [0, 0.1) is 0 Å². The number of nitrogens with zero attached hydrogens (tertiary/aromatic N) is 2. The summed E-state index contributed by atoms with van der Waals surface area (Å²) in [6, 6.07) is 3.86. The summed E-state index contributed by atoms with van der Waals surface area (Å²) < 4.78 is 25.8. The number of piperidine rings is 1. The predicted molar refractivity (Wildman–Crippen MR) is 89.4 cm³/mol. The Bertz CT molecular complexity index is 584. The topological polar surface area (TPSA) is 79.4 Å². The SMILES string of the molecule is O=C(CCCc1cccnc1)NCCS(=O)(=O)N1CCCCC1. The number of carbonyl (C=O) groups is 1. The van der Waals surface area contributed by atoms with Crippen LogP contribution in [0.1, 0.15) is 37.7 Å². The number of aryl methyl sites for hydroxylation is 1. The second kappa shape index (κ2) is 8.98. The summed E-state index contributed by atoms with van der Waals surface area (Å²) in [4.78, 5) is 15.8. The van der Waals surface area contributed by atoms with Crippen molar-refractivity contribution >= 4 is 15.9 Å². The summed E-state index contributed by atoms with van der Waals surface area (Å²) in [6.07, 6.45) is 8.41. The molecule has 1 amide bonds. The maximum atomic E-state index is 12.1. The number of rotatable bonds is 8. The van der Waals surface area contributed by atoms with Crippen LogP contribution >= 0.6 is 0 Å². The third kappa shape index (κ3) is 6.27. The van der Waals surface area contributed by atoms with Crippen molar-refractivity contribution in [3.05, 3.63) is 30.1 Å². The van der Waals surface area contributed by atoms with E-state index in [1.54, 1.807) is 16.7 Å². The Kier molecular flexibility index (Phi) is 6.98. The Morgan fingerprint density at radius 2 is 2.04 bits per heavy atom. The van der Waals surface area contributed by atoms with Crippen LogP contribution in [0.5, 0.6) is 0 Å². The lowest BCUT2D eigenvalue weighted by molar-refractivity contribution is -0.121. The highest BCUT2D eigenvalue weighted by Crippen LogP contribution is 2.13. The van der Waals surface area contributed by atoms with Crippen LogP contribution in [0.25, 0.3) is 0 Å². The van der Waals surface area contributed by atoms with E-state index in [0.29, 0.717) is 19.5 Å². The second-order valence-electron chi connectivity index (χ2n) is 5.84. The molecule has 6 nitrogen and oxygen atoms in total. The molecule has 1 aromatic rings. The average molecular weight is 339 g/mol. The standard InChI is InChI=1S/C16H25N3O3S/c20-16(8-4-6-15-7-5-9-17-14-15)18-10-13-23(21,22)19-11-2-1-3-12-19/h5,7,9,14H,1-4,6,8,10-13H2,(H,18,20). The van der Waals surface area contributed by atoms with Gasteiger partial charge in [-0.1, -0.05) is 12.5 Å². The van der Waals surface area contributed by atoms with Crippen molar-refractivity contribution in [2.24, 2.45) is 0 Å². The van der Waals surface area contributed by atoms with Gasteiger partial charge in [-0.25, -0.2) is 12.7 Å². The summed E-state index contributed by atoms with van der Waals surface area (Å²) in [6.45, 7) is 1.41. The van der Waals surface area contributed by atoms with Crippen molar-refractivity contribution in [3.63, 3.8) is 0 Å². The molecule has 1 saturated heterocycles. The normalized spacial score (nSPS) is 16.2. The van der Waals surface area contributed by atoms with Gasteiger partial charge >= 0.3 is 0 Å². The zero-order chi connectivity index (χ0) is 16.5. The summed E-state index contributed by atoms with van der Waals surface area (Å²) >= 11 is 0. The minimum Gasteiger partial charge on any atom is -0.355 e. The molecule has 2 rings (SSSR count). The largest absolute Gasteiger partial charge is 0.355 e. The van der Waals surface area contributed by atoms with Gasteiger partial charge < -0.3 is 5.32 Å². The number of aromatic nitrogens is 1. The van der Waals surface area contributed by atoms with Crippen LogP contribution in [0.4, 0.5) is 0 Å². The Morgan fingerprint density at radius 3 is 2.74 bits per heavy atom. The van der Waals surface area contributed by atoms with Crippen LogP contribution in [0.15, 0.2) is 24.5 Å². The van der Waals surface area contributed by atoms with Gasteiger partial charge in [0.05, 0.1) is 5.75 Å². The lowest BCUT2D eigenvalue weighted by Gasteiger charge is -2.25. The summed E-state index contributed by atoms with van der Waals surface area (Å²) in [5.41, 5.74) is 1.10. The molecule has 23 heavy (non-hydrogen) atoms. The lowest BCUT2D eigenvalue weighted by atomic mass is 10.1. The fourth-order valence-electron chi connectivity index (χ4n) is 2.68. The zero-order valence-corrected chi connectivity index (χ0v) is 14.2. The fourth-order valence-corrected chi connectivity index (χ4v) is 4.11. The lowest BCUT2D eigenvalue weighted by Crippen LogP contribution is -2.40. The van der Waals surface area contributed by atoms with Crippen LogP contribution in [0.3, 0.4) is 0 Å². The molecule has 128 valence electrons. The molecule has 1 N–H and O–H groups in total. The molecular formula is C16H25N3O3S. The van der Waals surface area contributed by atoms with E-state index in [9.17, 15) is 13.2 Å². The summed E-state index contributed by atoms with van der Waals surface area (Å²) in [5, 5.41) is 2.70. The number of sulfonamides is 1. The molecule has 0 radical (unpaired) electrons. The maximum absolute atomic E-state index is 12.1. The Balaban J connectivity index is 1.62. The molecule has 0 saturated carbocycles. The third-order valence-electron chi connectivity index (χ3n) is 3.98. The first-order valence-electron chi connectivity index (χ1n) is 8.21. The van der Waals surface area contributed by atoms with E-state index >= 15 is 0 Å². The third-order valence-corrected chi connectivity index (χ3v) is 5.85. The molecule has 1 aromatic heterocycles. The highest BCUT2D eigenvalue weighted by molar-refractivity contribution is 7.89. The smallest absolute Gasteiger partial charge is 0.220 e. The van der Waals surface area contributed by atoms with E-state index in [1.807, 2.05) is 12.1 Å². The number of hydrogen-bond acceptors (Lipinski definition) is 4. The molecule has 7 heteroatoms. The van der Waals surface area contributed by atoms with Gasteiger partial charge in [0.25, 0.3) is 0 Å². The van der Waals surface area contributed by atoms with E-state index in [2.05, 4.69) is 10.3 Å². The number of carbonyl (C=O) groups excluding carboxylic acids is 1. The van der Waals surface area contributed by atoms with Gasteiger partial charge in [0, 0.05) is 38.4 Å². The van der Waals surface area contributed by atoms with Crippen LogP contribution in [0.2, 0.25) is 0 Å². The molecule has 0 spiro atoms. The Hall–Kier alpha value is -1.47. The van der Waals surface area contributed by atoms with E-state index < -0.39 is 10.0 Å². The molecule has 1 fully saturated rings. The van der Waals surface area contributed by atoms with Gasteiger partial charge in [0.1, 0.15) is 0 Å². The van der Waals surface area contributed by atoms with Crippen LogP contribution < -0.4 is 5.32 Å². The predicted octanol–water partition coefficient (Wildman–Crippen LogP) is 1.34. The quantitative estimate of drug-likeness (QED) is 0.775. The minimum atomic E-state index is -3.23. The average Bonchev–Trinajstić information content (AvgIpc) is 2.56. The number of amides is 1. The monoisotopic (exact) mass is 339 g/mol. The van der Waals surface area contributed by atoms with E-state index in [0.717, 1.165) is 37.7 Å². The van der Waals surface area contributed by atoms with Gasteiger partial charge in [-0.15, -0.1) is 0 Å². The van der Waals surface area contributed by atoms with Crippen molar-refractivity contribution in [3.8, 4) is 0 Å². The summed E-state index contributed by atoms with van der Waals surface area (Å²) in [7, 11) is -3.23. The van der Waals surface area contributed by atoms with Crippen molar-refractivity contribution in [1.82, 2.24) is 14.6 Å². The first-order valence-corrected chi connectivity index (χ1v) is 9.82. The Labute approximate surface area is 138 Å². The molecule has 1 aliphatic rings. The van der Waals surface area contributed by atoms with Crippen molar-refractivity contribution < 1.29 is 13.2 Å². The summed E-state index contributed by atoms with van der Waals surface area (Å²) in [5.74, 6) is -0.107. The molecule has 0 aliphatic carbocycles. The first-order chi connectivity index (χ1) is 11.1. The van der Waals surface area contributed by atoms with Gasteiger partial charge in [-0.05, 0) is 37.3 Å². The van der Waals surface area contributed by atoms with Gasteiger partial charge in [0.2, 0.25) is 15.9 Å². The van der Waals surface area contributed by atoms with Crippen LogP contribution in [-0.4, -0.2) is 49.0 Å². The van der Waals surface area contributed by atoms with E-state index in [4.69, 9.17) is 0 Å². The molecule has 0 unspecified atom stereocenters. The molecular weight excluding hydrogens is 314 g/mol. The first kappa shape index (κ1) is 17.9. The van der Waals surface area contributed by atoms with E-state index in [1.165, 1.54) is 0 Å². The second-order valence-corrected chi connectivity index (χ2v) is 7.93. The molecule has 0 atom stereocenters. The molecule has 0 aromatic carbocycles. The van der Waals surface area contributed by atoms with Crippen molar-refractivity contribution in [1.29, 1.82) is 0 Å². The van der Waals surface area contributed by atoms with E-state index in [-0.39, 0.29) is 18.2 Å². The maximum Gasteiger partial charge on any atom is 0.220 e. The fraction of sp³-hybridized carbons (Fsp3) is 0.625. The van der Waals surface area contributed by atoms with Crippen molar-refractivity contribution in [2.75, 3.05) is 25.4 Å². The van der Waals surface area contributed by atoms with Gasteiger partial charge in [-0.3, -0.25) is 9.78 Å².